The van der Waals surface area contributed by atoms with Gasteiger partial charge in [0.25, 0.3) is 0 Å². The predicted molar refractivity (Wildman–Crippen MR) is 99.8 cm³/mol. The molecule has 8 heteroatoms. The topological polar surface area (TPSA) is 44.2 Å². The fraction of sp³-hybridized carbons (Fsp3) is 0.524. The molecule has 0 radical (unpaired) electrons. The lowest BCUT2D eigenvalue weighted by Gasteiger charge is -2.11. The maximum atomic E-state index is 14.1. The molecule has 0 N–H and O–H groups in total. The van der Waals surface area contributed by atoms with Gasteiger partial charge < -0.3 is 9.47 Å². The van der Waals surface area contributed by atoms with Gasteiger partial charge in [0, 0.05) is 0 Å². The maximum absolute atomic E-state index is 14.1. The number of hydrogen-bond donors (Lipinski definition) is 0. The molecule has 0 unspecified atom stereocenters. The van der Waals surface area contributed by atoms with Gasteiger partial charge in [-0.3, -0.25) is 0 Å². The summed E-state index contributed by atoms with van der Waals surface area (Å²) in [6, 6.07) is 0. The third-order valence-corrected chi connectivity index (χ3v) is 5.28. The van der Waals surface area contributed by atoms with Crippen LogP contribution >= 0.6 is 0 Å². The van der Waals surface area contributed by atoms with Crippen molar-refractivity contribution in [3.05, 3.63) is 35.7 Å². The van der Waals surface area contributed by atoms with Gasteiger partial charge in [0.15, 0.2) is 29.0 Å². The van der Waals surface area contributed by atoms with E-state index in [4.69, 9.17) is 4.74 Å². The fourth-order valence-corrected chi connectivity index (χ4v) is 3.71. The smallest absolute Gasteiger partial charge is 0.204 e. The number of methoxy groups -OCH3 is 1. The third kappa shape index (κ3) is 4.97. The molecule has 1 aromatic carbocycles. The fourth-order valence-electron chi connectivity index (χ4n) is 3.71. The van der Waals surface area contributed by atoms with Gasteiger partial charge in [-0.05, 0) is 12.3 Å². The minimum atomic E-state index is -1.64. The zero-order valence-electron chi connectivity index (χ0n) is 16.3. The van der Waals surface area contributed by atoms with Crippen molar-refractivity contribution in [1.29, 1.82) is 0 Å². The summed E-state index contributed by atoms with van der Waals surface area (Å²) in [4.78, 5) is 7.57. The number of rotatable bonds is 9. The van der Waals surface area contributed by atoms with Gasteiger partial charge in [0.2, 0.25) is 11.6 Å². The number of benzene rings is 1. The van der Waals surface area contributed by atoms with Crippen LogP contribution in [0.5, 0.6) is 11.5 Å². The summed E-state index contributed by atoms with van der Waals surface area (Å²) < 4.78 is 65.9. The summed E-state index contributed by atoms with van der Waals surface area (Å²) in [5.74, 6) is -6.91. The van der Waals surface area contributed by atoms with E-state index in [1.165, 1.54) is 50.9 Å². The van der Waals surface area contributed by atoms with E-state index < -0.39 is 40.4 Å². The van der Waals surface area contributed by atoms with Crippen molar-refractivity contribution < 1.29 is 27.0 Å². The van der Waals surface area contributed by atoms with Crippen LogP contribution < -0.4 is 9.47 Å². The minimum Gasteiger partial charge on any atom is -0.491 e. The van der Waals surface area contributed by atoms with Crippen molar-refractivity contribution in [2.75, 3.05) is 13.7 Å². The molecule has 2 aromatic rings. The Balaban J connectivity index is 1.55. The average molecular weight is 412 g/mol. The third-order valence-electron chi connectivity index (χ3n) is 5.28. The average Bonchev–Trinajstić information content (AvgIpc) is 3.24. The second-order valence-corrected chi connectivity index (χ2v) is 7.25. The standard InChI is InChI=1S/C21H24F4N2O2/c1-28-20-18(24)16(22)15(17(23)19(20)25)21-26-11-14(12-27-21)29-10-6-2-3-7-13-8-4-5-9-13/h11-13H,2-10H2,1H3. The van der Waals surface area contributed by atoms with E-state index >= 15 is 0 Å². The molecule has 4 nitrogen and oxygen atoms in total. The lowest BCUT2D eigenvalue weighted by Crippen LogP contribution is -2.06. The SMILES string of the molecule is COc1c(F)c(F)c(-c2ncc(OCCCCCC3CCCC3)cn2)c(F)c1F. The molecule has 1 fully saturated rings. The van der Waals surface area contributed by atoms with E-state index in [2.05, 4.69) is 14.7 Å². The highest BCUT2D eigenvalue weighted by atomic mass is 19.2. The van der Waals surface area contributed by atoms with E-state index in [1.807, 2.05) is 0 Å². The van der Waals surface area contributed by atoms with Crippen LogP contribution in [-0.4, -0.2) is 23.7 Å². The number of ether oxygens (including phenoxy) is 2. The first-order valence-corrected chi connectivity index (χ1v) is 9.88. The normalized spacial score (nSPS) is 14.4. The summed E-state index contributed by atoms with van der Waals surface area (Å²) >= 11 is 0. The Kier molecular flexibility index (Phi) is 7.28. The number of hydrogen-bond acceptors (Lipinski definition) is 4. The van der Waals surface area contributed by atoms with Crippen molar-refractivity contribution >= 4 is 0 Å². The highest BCUT2D eigenvalue weighted by Gasteiger charge is 2.28. The van der Waals surface area contributed by atoms with Crippen LogP contribution in [0.2, 0.25) is 0 Å². The Morgan fingerprint density at radius 1 is 0.897 bits per heavy atom. The molecule has 29 heavy (non-hydrogen) atoms. The van der Waals surface area contributed by atoms with E-state index in [0.29, 0.717) is 12.4 Å². The van der Waals surface area contributed by atoms with Crippen molar-refractivity contribution in [2.24, 2.45) is 5.92 Å². The van der Waals surface area contributed by atoms with Crippen molar-refractivity contribution in [2.45, 2.75) is 51.4 Å². The molecule has 1 saturated carbocycles. The molecule has 1 aromatic heterocycles. The van der Waals surface area contributed by atoms with Gasteiger partial charge in [0.1, 0.15) is 0 Å². The van der Waals surface area contributed by atoms with E-state index in [0.717, 1.165) is 25.9 Å². The molecular formula is C21H24F4N2O2. The van der Waals surface area contributed by atoms with Gasteiger partial charge in [-0.15, -0.1) is 0 Å². The van der Waals surface area contributed by atoms with Gasteiger partial charge in [-0.25, -0.2) is 18.7 Å². The second-order valence-electron chi connectivity index (χ2n) is 7.25. The Hall–Kier alpha value is -2.38. The quantitative estimate of drug-likeness (QED) is 0.295. The van der Waals surface area contributed by atoms with Crippen molar-refractivity contribution in [3.8, 4) is 22.9 Å². The van der Waals surface area contributed by atoms with Crippen LogP contribution in [-0.2, 0) is 0 Å². The zero-order valence-corrected chi connectivity index (χ0v) is 16.3. The molecule has 0 aliphatic heterocycles. The van der Waals surface area contributed by atoms with Crippen molar-refractivity contribution in [3.63, 3.8) is 0 Å². The molecule has 3 rings (SSSR count). The molecule has 1 aliphatic carbocycles. The summed E-state index contributed by atoms with van der Waals surface area (Å²) in [5, 5.41) is 0. The Labute approximate surface area is 167 Å². The van der Waals surface area contributed by atoms with Crippen LogP contribution in [0.15, 0.2) is 12.4 Å². The number of halogens is 4. The molecule has 0 saturated heterocycles. The van der Waals surface area contributed by atoms with Gasteiger partial charge in [-0.1, -0.05) is 44.9 Å². The largest absolute Gasteiger partial charge is 0.491 e. The first-order chi connectivity index (χ1) is 14.0. The molecule has 0 amide bonds. The predicted octanol–water partition coefficient (Wildman–Crippen LogP) is 5.84. The molecule has 1 aliphatic rings. The molecular weight excluding hydrogens is 388 g/mol. The lowest BCUT2D eigenvalue weighted by atomic mass is 10.0. The van der Waals surface area contributed by atoms with Gasteiger partial charge in [-0.2, -0.15) is 8.78 Å². The van der Waals surface area contributed by atoms with Crippen LogP contribution in [0.25, 0.3) is 11.4 Å². The summed E-state index contributed by atoms with van der Waals surface area (Å²) in [5.41, 5.74) is -0.987. The molecule has 0 spiro atoms. The summed E-state index contributed by atoms with van der Waals surface area (Å²) in [6.07, 6.45) is 12.2. The monoisotopic (exact) mass is 412 g/mol. The molecule has 0 atom stereocenters. The zero-order chi connectivity index (χ0) is 20.8. The molecule has 158 valence electrons. The van der Waals surface area contributed by atoms with E-state index in [9.17, 15) is 17.6 Å². The van der Waals surface area contributed by atoms with Crippen LogP contribution in [0.3, 0.4) is 0 Å². The minimum absolute atomic E-state index is 0.319. The Bertz CT molecular complexity index is 795. The van der Waals surface area contributed by atoms with Crippen LogP contribution in [0.4, 0.5) is 17.6 Å². The van der Waals surface area contributed by atoms with E-state index in [1.54, 1.807) is 0 Å². The Morgan fingerprint density at radius 3 is 2.10 bits per heavy atom. The number of aromatic nitrogens is 2. The Morgan fingerprint density at radius 2 is 1.52 bits per heavy atom. The van der Waals surface area contributed by atoms with Gasteiger partial charge >= 0.3 is 0 Å². The highest BCUT2D eigenvalue weighted by molar-refractivity contribution is 5.59. The summed E-state index contributed by atoms with van der Waals surface area (Å²) in [7, 11) is 0.914. The first kappa shape index (κ1) is 21.3. The van der Waals surface area contributed by atoms with Crippen LogP contribution in [0, 0.1) is 29.2 Å². The summed E-state index contributed by atoms with van der Waals surface area (Å²) in [6.45, 7) is 0.474. The van der Waals surface area contributed by atoms with Crippen LogP contribution in [0.1, 0.15) is 51.4 Å². The first-order valence-electron chi connectivity index (χ1n) is 9.88. The second kappa shape index (κ2) is 9.89. The highest BCUT2D eigenvalue weighted by Crippen LogP contribution is 2.34. The maximum Gasteiger partial charge on any atom is 0.204 e. The number of nitrogens with zero attached hydrogens (tertiary/aromatic N) is 2. The molecule has 0 bridgehead atoms. The lowest BCUT2D eigenvalue weighted by molar-refractivity contribution is 0.300. The molecule has 1 heterocycles. The van der Waals surface area contributed by atoms with Crippen molar-refractivity contribution in [1.82, 2.24) is 9.97 Å². The number of unbranched alkanes of at least 4 members (excludes halogenated alkanes) is 2. The van der Waals surface area contributed by atoms with E-state index in [-0.39, 0.29) is 0 Å². The van der Waals surface area contributed by atoms with Gasteiger partial charge in [0.05, 0.1) is 31.7 Å².